The van der Waals surface area contributed by atoms with Gasteiger partial charge in [-0.1, -0.05) is 38.1 Å². The highest BCUT2D eigenvalue weighted by atomic mass is 79.9. The number of para-hydroxylation sites is 2. The quantitative estimate of drug-likeness (QED) is 0.618. The number of alkyl carbamates (subject to hydrolysis) is 1. The molecule has 0 aromatic heterocycles. The second-order valence-electron chi connectivity index (χ2n) is 7.57. The van der Waals surface area contributed by atoms with Gasteiger partial charge in [-0.25, -0.2) is 4.79 Å². The molecule has 1 fully saturated rings. The molecule has 2 aromatic carbocycles. The number of ether oxygens (including phenoxy) is 2. The van der Waals surface area contributed by atoms with Gasteiger partial charge in [0.05, 0.1) is 12.1 Å². The van der Waals surface area contributed by atoms with E-state index in [9.17, 15) is 9.59 Å². The SMILES string of the molecule is CCC(CC)OC(=O)NC1CCC(=O)N2c3c(Br)cccc3Oc3ccccc3C12. The summed E-state index contributed by atoms with van der Waals surface area (Å²) in [4.78, 5) is 27.5. The smallest absolute Gasteiger partial charge is 0.407 e. The van der Waals surface area contributed by atoms with Crippen LogP contribution in [0.25, 0.3) is 0 Å². The van der Waals surface area contributed by atoms with Crippen LogP contribution in [-0.2, 0) is 9.53 Å². The zero-order valence-electron chi connectivity index (χ0n) is 17.1. The summed E-state index contributed by atoms with van der Waals surface area (Å²) in [6.45, 7) is 3.99. The van der Waals surface area contributed by atoms with Crippen molar-refractivity contribution in [1.82, 2.24) is 5.32 Å². The van der Waals surface area contributed by atoms with Gasteiger partial charge in [-0.05, 0) is 53.4 Å². The first-order valence-electron chi connectivity index (χ1n) is 10.4. The van der Waals surface area contributed by atoms with Gasteiger partial charge in [-0.3, -0.25) is 9.69 Å². The molecular weight excluding hydrogens is 448 g/mol. The number of hydrogen-bond acceptors (Lipinski definition) is 4. The van der Waals surface area contributed by atoms with Crippen molar-refractivity contribution in [3.63, 3.8) is 0 Å². The first kappa shape index (κ1) is 20.7. The molecule has 2 amide bonds. The molecular formula is C23H25BrN2O4. The highest BCUT2D eigenvalue weighted by molar-refractivity contribution is 9.10. The molecule has 4 rings (SSSR count). The van der Waals surface area contributed by atoms with Crippen molar-refractivity contribution in [2.75, 3.05) is 4.90 Å². The van der Waals surface area contributed by atoms with E-state index in [0.717, 1.165) is 22.9 Å². The van der Waals surface area contributed by atoms with Crippen molar-refractivity contribution in [2.45, 2.75) is 57.7 Å². The Morgan fingerprint density at radius 2 is 1.93 bits per heavy atom. The minimum absolute atomic E-state index is 0.000127. The second-order valence-corrected chi connectivity index (χ2v) is 8.42. The third-order valence-corrected chi connectivity index (χ3v) is 6.37. The Bertz CT molecular complexity index is 960. The number of piperidine rings is 1. The van der Waals surface area contributed by atoms with Gasteiger partial charge in [0.2, 0.25) is 5.91 Å². The van der Waals surface area contributed by atoms with Crippen LogP contribution >= 0.6 is 15.9 Å². The summed E-state index contributed by atoms with van der Waals surface area (Å²) in [6, 6.07) is 12.6. The summed E-state index contributed by atoms with van der Waals surface area (Å²) >= 11 is 3.59. The van der Waals surface area contributed by atoms with Gasteiger partial charge in [0, 0.05) is 16.5 Å². The lowest BCUT2D eigenvalue weighted by Gasteiger charge is -2.41. The summed E-state index contributed by atoms with van der Waals surface area (Å²) < 4.78 is 12.6. The zero-order valence-corrected chi connectivity index (χ0v) is 18.6. The van der Waals surface area contributed by atoms with Gasteiger partial charge >= 0.3 is 6.09 Å². The molecule has 2 heterocycles. The van der Waals surface area contributed by atoms with Gasteiger partial charge in [0.25, 0.3) is 0 Å². The number of fused-ring (bicyclic) bond motifs is 5. The van der Waals surface area contributed by atoms with Crippen LogP contribution in [0.3, 0.4) is 0 Å². The number of amides is 2. The summed E-state index contributed by atoms with van der Waals surface area (Å²) in [6.07, 6.45) is 1.82. The fourth-order valence-electron chi connectivity index (χ4n) is 4.20. The van der Waals surface area contributed by atoms with E-state index in [1.807, 2.05) is 56.3 Å². The van der Waals surface area contributed by atoms with E-state index in [1.54, 1.807) is 4.90 Å². The molecule has 2 atom stereocenters. The van der Waals surface area contributed by atoms with E-state index in [0.29, 0.717) is 30.0 Å². The van der Waals surface area contributed by atoms with E-state index >= 15 is 0 Å². The molecule has 1 saturated heterocycles. The molecule has 30 heavy (non-hydrogen) atoms. The van der Waals surface area contributed by atoms with Gasteiger partial charge < -0.3 is 14.8 Å². The minimum atomic E-state index is -0.446. The number of nitrogens with zero attached hydrogens (tertiary/aromatic N) is 1. The second kappa shape index (κ2) is 8.68. The van der Waals surface area contributed by atoms with Crippen LogP contribution in [0, 0.1) is 0 Å². The Morgan fingerprint density at radius 1 is 1.20 bits per heavy atom. The Hall–Kier alpha value is -2.54. The highest BCUT2D eigenvalue weighted by Gasteiger charge is 2.43. The third kappa shape index (κ3) is 3.78. The van der Waals surface area contributed by atoms with Crippen LogP contribution < -0.4 is 15.0 Å². The molecule has 0 saturated carbocycles. The van der Waals surface area contributed by atoms with Crippen LogP contribution in [0.4, 0.5) is 10.5 Å². The van der Waals surface area contributed by atoms with Gasteiger partial charge in [-0.2, -0.15) is 0 Å². The lowest BCUT2D eigenvalue weighted by Crippen LogP contribution is -2.52. The van der Waals surface area contributed by atoms with Crippen LogP contribution in [-0.4, -0.2) is 24.1 Å². The predicted octanol–water partition coefficient (Wildman–Crippen LogP) is 5.71. The number of hydrogen-bond donors (Lipinski definition) is 1. The largest absolute Gasteiger partial charge is 0.455 e. The third-order valence-electron chi connectivity index (χ3n) is 5.73. The number of rotatable bonds is 4. The molecule has 7 heteroatoms. The molecule has 0 radical (unpaired) electrons. The van der Waals surface area contributed by atoms with E-state index < -0.39 is 12.1 Å². The molecule has 2 unspecified atom stereocenters. The van der Waals surface area contributed by atoms with E-state index in [2.05, 4.69) is 21.2 Å². The first-order valence-corrected chi connectivity index (χ1v) is 11.2. The van der Waals surface area contributed by atoms with Crippen molar-refractivity contribution >= 4 is 33.6 Å². The number of carbonyl (C=O) groups is 2. The Labute approximate surface area is 184 Å². The normalized spacial score (nSPS) is 19.9. The average Bonchev–Trinajstić information content (AvgIpc) is 2.90. The number of carbonyl (C=O) groups excluding carboxylic acids is 2. The molecule has 158 valence electrons. The molecule has 0 aliphatic carbocycles. The lowest BCUT2D eigenvalue weighted by molar-refractivity contribution is -0.120. The number of anilines is 1. The van der Waals surface area contributed by atoms with E-state index in [1.165, 1.54) is 0 Å². The average molecular weight is 473 g/mol. The van der Waals surface area contributed by atoms with Crippen LogP contribution in [0.1, 0.15) is 51.1 Å². The molecule has 0 bridgehead atoms. The maximum Gasteiger partial charge on any atom is 0.407 e. The molecule has 2 aromatic rings. The molecule has 6 nitrogen and oxygen atoms in total. The maximum absolute atomic E-state index is 13.1. The first-order chi connectivity index (χ1) is 14.5. The van der Waals surface area contributed by atoms with Crippen molar-refractivity contribution in [3.8, 4) is 11.5 Å². The van der Waals surface area contributed by atoms with Gasteiger partial charge in [0.1, 0.15) is 17.5 Å². The van der Waals surface area contributed by atoms with Crippen molar-refractivity contribution in [2.24, 2.45) is 0 Å². The lowest BCUT2D eigenvalue weighted by atomic mass is 9.89. The minimum Gasteiger partial charge on any atom is -0.455 e. The summed E-state index contributed by atoms with van der Waals surface area (Å²) in [5.41, 5.74) is 1.55. The fraction of sp³-hybridized carbons (Fsp3) is 0.391. The van der Waals surface area contributed by atoms with Crippen molar-refractivity contribution in [3.05, 3.63) is 52.5 Å². The van der Waals surface area contributed by atoms with Gasteiger partial charge in [-0.15, -0.1) is 0 Å². The Kier molecular flexibility index (Phi) is 5.99. The predicted molar refractivity (Wildman–Crippen MR) is 118 cm³/mol. The highest BCUT2D eigenvalue weighted by Crippen LogP contribution is 2.50. The molecule has 0 spiro atoms. The monoisotopic (exact) mass is 472 g/mol. The van der Waals surface area contributed by atoms with Crippen molar-refractivity contribution in [1.29, 1.82) is 0 Å². The molecule has 1 N–H and O–H groups in total. The van der Waals surface area contributed by atoms with Gasteiger partial charge in [0.15, 0.2) is 5.75 Å². The summed E-state index contributed by atoms with van der Waals surface area (Å²) in [5, 5.41) is 3.03. The maximum atomic E-state index is 13.1. The topological polar surface area (TPSA) is 67.9 Å². The standard InChI is InChI=1S/C23H25BrN2O4/c1-3-14(4-2)29-23(28)25-17-12-13-20(27)26-21(17)15-8-5-6-10-18(15)30-19-11-7-9-16(24)22(19)26/h5-11,14,17,21H,3-4,12-13H2,1-2H3,(H,25,28). The fourth-order valence-corrected chi connectivity index (χ4v) is 4.74. The summed E-state index contributed by atoms with van der Waals surface area (Å²) in [5.74, 6) is 1.28. The zero-order chi connectivity index (χ0) is 21.3. The van der Waals surface area contributed by atoms with Crippen LogP contribution in [0.15, 0.2) is 46.9 Å². The number of benzene rings is 2. The molecule has 2 aliphatic rings. The number of halogens is 1. The van der Waals surface area contributed by atoms with E-state index in [4.69, 9.17) is 9.47 Å². The van der Waals surface area contributed by atoms with E-state index in [-0.39, 0.29) is 18.1 Å². The molecule has 2 aliphatic heterocycles. The van der Waals surface area contributed by atoms with Crippen LogP contribution in [0.5, 0.6) is 11.5 Å². The number of nitrogens with one attached hydrogen (secondary N) is 1. The van der Waals surface area contributed by atoms with Crippen LogP contribution in [0.2, 0.25) is 0 Å². The Morgan fingerprint density at radius 3 is 2.70 bits per heavy atom. The van der Waals surface area contributed by atoms with Crippen molar-refractivity contribution < 1.29 is 19.1 Å². The summed E-state index contributed by atoms with van der Waals surface area (Å²) in [7, 11) is 0. The Balaban J connectivity index is 1.75.